The van der Waals surface area contributed by atoms with Crippen molar-refractivity contribution in [1.29, 1.82) is 0 Å². The highest BCUT2D eigenvalue weighted by Crippen LogP contribution is 2.15. The van der Waals surface area contributed by atoms with Crippen LogP contribution in [0.3, 0.4) is 0 Å². The van der Waals surface area contributed by atoms with Crippen LogP contribution in [0.2, 0.25) is 0 Å². The minimum atomic E-state index is 0.878. The molecule has 0 atom stereocenters. The Bertz CT molecular complexity index is 351. The lowest BCUT2D eigenvalue weighted by molar-refractivity contribution is 0.253. The van der Waals surface area contributed by atoms with Gasteiger partial charge in [0.05, 0.1) is 0 Å². The van der Waals surface area contributed by atoms with Crippen LogP contribution in [0.5, 0.6) is 0 Å². The largest absolute Gasteiger partial charge is 0.303 e. The van der Waals surface area contributed by atoms with E-state index in [1.54, 1.807) is 0 Å². The first-order chi connectivity index (χ1) is 17.7. The maximum atomic E-state index is 2.84. The Labute approximate surface area is 231 Å². The average molecular weight is 508 g/mol. The van der Waals surface area contributed by atoms with E-state index in [-0.39, 0.29) is 0 Å². The monoisotopic (exact) mass is 508 g/mol. The summed E-state index contributed by atoms with van der Waals surface area (Å²) in [4.78, 5) is 2.84. The van der Waals surface area contributed by atoms with Gasteiger partial charge in [-0.15, -0.1) is 0 Å². The maximum absolute atomic E-state index is 2.84. The van der Waals surface area contributed by atoms with Crippen molar-refractivity contribution in [3.05, 3.63) is 0 Å². The molecule has 0 fully saturated rings. The molecule has 0 spiro atoms. The van der Waals surface area contributed by atoms with Crippen LogP contribution in [0.1, 0.15) is 201 Å². The molecule has 0 bridgehead atoms. The summed E-state index contributed by atoms with van der Waals surface area (Å²) >= 11 is 0. The second-order valence-corrected chi connectivity index (χ2v) is 12.5. The van der Waals surface area contributed by atoms with E-state index in [4.69, 9.17) is 0 Å². The van der Waals surface area contributed by atoms with Crippen LogP contribution < -0.4 is 0 Å². The van der Waals surface area contributed by atoms with Gasteiger partial charge >= 0.3 is 0 Å². The summed E-state index contributed by atoms with van der Waals surface area (Å²) in [6.07, 6.45) is 39.2. The Morgan fingerprint density at radius 1 is 0.333 bits per heavy atom. The second kappa shape index (κ2) is 31.2. The molecule has 0 aliphatic rings. The normalized spacial score (nSPS) is 11.8. The summed E-state index contributed by atoms with van der Waals surface area (Å²) in [5.41, 5.74) is 0. The molecule has 0 N–H and O–H groups in total. The molecule has 36 heavy (non-hydrogen) atoms. The van der Waals surface area contributed by atoms with E-state index in [1.165, 1.54) is 193 Å². The van der Waals surface area contributed by atoms with Gasteiger partial charge in [0.15, 0.2) is 0 Å². The number of nitrogens with zero attached hydrogens (tertiary/aromatic N) is 1. The lowest BCUT2D eigenvalue weighted by Gasteiger charge is -2.22. The minimum Gasteiger partial charge on any atom is -0.303 e. The zero-order valence-corrected chi connectivity index (χ0v) is 26.2. The van der Waals surface area contributed by atoms with Gasteiger partial charge in [-0.2, -0.15) is 0 Å². The lowest BCUT2D eigenvalue weighted by Crippen LogP contribution is -2.27. The summed E-state index contributed by atoms with van der Waals surface area (Å²) in [5, 5.41) is 0. The molecule has 0 saturated heterocycles. The number of unbranched alkanes of at least 4 members (excludes halogenated alkanes) is 23. The maximum Gasteiger partial charge on any atom is -0.00187 e. The molecule has 0 unspecified atom stereocenters. The van der Waals surface area contributed by atoms with Gasteiger partial charge in [-0.3, -0.25) is 0 Å². The molecule has 1 nitrogen and oxygen atoms in total. The molecule has 0 aromatic rings. The molecule has 0 aromatic carbocycles. The van der Waals surface area contributed by atoms with Crippen molar-refractivity contribution in [1.82, 2.24) is 4.90 Å². The third-order valence-corrected chi connectivity index (χ3v) is 8.16. The Hall–Kier alpha value is -0.0400. The van der Waals surface area contributed by atoms with Gasteiger partial charge in [0.1, 0.15) is 0 Å². The van der Waals surface area contributed by atoms with Gasteiger partial charge in [0, 0.05) is 0 Å². The molecule has 0 heterocycles. The molecule has 0 aliphatic carbocycles. The molecule has 0 aliphatic heterocycles. The van der Waals surface area contributed by atoms with Crippen molar-refractivity contribution in [2.24, 2.45) is 5.92 Å². The van der Waals surface area contributed by atoms with Gasteiger partial charge in [-0.05, 0) is 44.8 Å². The van der Waals surface area contributed by atoms with Crippen LogP contribution >= 0.6 is 0 Å². The van der Waals surface area contributed by atoms with E-state index in [1.807, 2.05) is 0 Å². The smallest absolute Gasteiger partial charge is 0.00187 e. The zero-order chi connectivity index (χ0) is 26.4. The molecule has 0 radical (unpaired) electrons. The fraction of sp³-hybridized carbons (Fsp3) is 1.00. The average Bonchev–Trinajstić information content (AvgIpc) is 2.87. The highest BCUT2D eigenvalue weighted by atomic mass is 15.1. The van der Waals surface area contributed by atoms with Crippen LogP contribution in [-0.4, -0.2) is 24.5 Å². The molecular weight excluding hydrogens is 434 g/mol. The van der Waals surface area contributed by atoms with E-state index in [0.717, 1.165) is 5.92 Å². The summed E-state index contributed by atoms with van der Waals surface area (Å²) < 4.78 is 0. The van der Waals surface area contributed by atoms with Crippen LogP contribution in [0.4, 0.5) is 0 Å². The minimum absolute atomic E-state index is 0.878. The fourth-order valence-electron chi connectivity index (χ4n) is 5.58. The first-order valence-electron chi connectivity index (χ1n) is 17.4. The van der Waals surface area contributed by atoms with Gasteiger partial charge < -0.3 is 4.90 Å². The first kappa shape index (κ1) is 36.0. The quantitative estimate of drug-likeness (QED) is 0.0843. The number of rotatable bonds is 31. The van der Waals surface area contributed by atoms with E-state index in [2.05, 4.69) is 32.6 Å². The molecule has 0 aromatic heterocycles. The predicted octanol–water partition coefficient (Wildman–Crippen LogP) is 12.5. The molecule has 218 valence electrons. The highest BCUT2D eigenvalue weighted by Gasteiger charge is 2.05. The van der Waals surface area contributed by atoms with Crippen LogP contribution in [-0.2, 0) is 0 Å². The molecule has 0 rings (SSSR count). The van der Waals surface area contributed by atoms with Crippen LogP contribution in [0, 0.1) is 5.92 Å². The molecule has 1 heteroatoms. The Balaban J connectivity index is 3.83. The summed E-state index contributed by atoms with van der Waals surface area (Å²) in [5.74, 6) is 0.878. The van der Waals surface area contributed by atoms with E-state index >= 15 is 0 Å². The van der Waals surface area contributed by atoms with E-state index in [9.17, 15) is 0 Å². The molecular formula is C35H73N. The number of hydrogen-bond acceptors (Lipinski definition) is 1. The van der Waals surface area contributed by atoms with Gasteiger partial charge in [-0.25, -0.2) is 0 Å². The van der Waals surface area contributed by atoms with Crippen LogP contribution in [0.15, 0.2) is 0 Å². The molecule has 0 amide bonds. The standard InChI is InChI=1S/C35H73N/c1-5-7-9-11-13-15-17-19-21-24-28-32-36(34-30-26-23-27-31-35(3)4)33-29-25-22-20-18-16-14-12-10-8-6-2/h35H,5-34H2,1-4H3. The van der Waals surface area contributed by atoms with Crippen molar-refractivity contribution in [2.45, 2.75) is 201 Å². The third kappa shape index (κ3) is 30.2. The van der Waals surface area contributed by atoms with Gasteiger partial charge in [-0.1, -0.05) is 182 Å². The van der Waals surface area contributed by atoms with Gasteiger partial charge in [0.25, 0.3) is 0 Å². The zero-order valence-electron chi connectivity index (χ0n) is 26.2. The number of hydrogen-bond donors (Lipinski definition) is 0. The van der Waals surface area contributed by atoms with Crippen molar-refractivity contribution in [2.75, 3.05) is 19.6 Å². The van der Waals surface area contributed by atoms with Crippen LogP contribution in [0.25, 0.3) is 0 Å². The molecule has 0 saturated carbocycles. The topological polar surface area (TPSA) is 3.24 Å². The van der Waals surface area contributed by atoms with Crippen molar-refractivity contribution >= 4 is 0 Å². The third-order valence-electron chi connectivity index (χ3n) is 8.16. The Kier molecular flexibility index (Phi) is 31.1. The summed E-state index contributed by atoms with van der Waals surface area (Å²) in [7, 11) is 0. The van der Waals surface area contributed by atoms with Crippen molar-refractivity contribution < 1.29 is 0 Å². The summed E-state index contributed by atoms with van der Waals surface area (Å²) in [6.45, 7) is 13.4. The SMILES string of the molecule is CCCCCCCCCCCCCN(CCCCCCCCCCCCC)CCCCCCC(C)C. The van der Waals surface area contributed by atoms with Crippen molar-refractivity contribution in [3.8, 4) is 0 Å². The Morgan fingerprint density at radius 2 is 0.583 bits per heavy atom. The lowest BCUT2D eigenvalue weighted by atomic mass is 10.0. The van der Waals surface area contributed by atoms with Gasteiger partial charge in [0.2, 0.25) is 0 Å². The predicted molar refractivity (Wildman–Crippen MR) is 167 cm³/mol. The van der Waals surface area contributed by atoms with E-state index in [0.29, 0.717) is 0 Å². The second-order valence-electron chi connectivity index (χ2n) is 12.5. The highest BCUT2D eigenvalue weighted by molar-refractivity contribution is 4.61. The van der Waals surface area contributed by atoms with Crippen molar-refractivity contribution in [3.63, 3.8) is 0 Å². The summed E-state index contributed by atoms with van der Waals surface area (Å²) in [6, 6.07) is 0. The fourth-order valence-corrected chi connectivity index (χ4v) is 5.58. The first-order valence-corrected chi connectivity index (χ1v) is 17.4. The Morgan fingerprint density at radius 3 is 0.861 bits per heavy atom. The van der Waals surface area contributed by atoms with E-state index < -0.39 is 0 Å².